The highest BCUT2D eigenvalue weighted by molar-refractivity contribution is 5.68. The summed E-state index contributed by atoms with van der Waals surface area (Å²) in [4.78, 5) is 71.9. The summed E-state index contributed by atoms with van der Waals surface area (Å²) in [6.45, 7) is 3.63. The van der Waals surface area contributed by atoms with E-state index in [1.54, 1.807) is 4.98 Å². The van der Waals surface area contributed by atoms with E-state index >= 15 is 0 Å². The molecule has 1 N–H and O–H groups in total. The molecule has 0 spiro atoms. The van der Waals surface area contributed by atoms with Crippen LogP contribution in [0.1, 0.15) is 33.9 Å². The first-order chi connectivity index (χ1) is 14.9. The van der Waals surface area contributed by atoms with E-state index < -0.39 is 78.2 Å². The highest BCUT2D eigenvalue weighted by Crippen LogP contribution is 2.34. The average Bonchev–Trinajstić information content (AvgIpc) is 2.65. The molecule has 1 aromatic rings. The van der Waals surface area contributed by atoms with Crippen molar-refractivity contribution in [2.24, 2.45) is 0 Å². The van der Waals surface area contributed by atoms with Crippen LogP contribution in [0.2, 0.25) is 0 Å². The molecule has 0 amide bonds. The number of ether oxygens (including phenoxy) is 5. The third-order valence-corrected chi connectivity index (χ3v) is 4.16. The number of nitrogens with zero attached hydrogens (tertiary/aromatic N) is 1. The Kier molecular flexibility index (Phi) is 7.86. The maximum atomic E-state index is 13.9. The Hall–Kier alpha value is -3.55. The minimum atomic E-state index is -1.67. The van der Waals surface area contributed by atoms with Crippen LogP contribution >= 0.6 is 0 Å². The predicted molar refractivity (Wildman–Crippen MR) is 98.5 cm³/mol. The number of carbonyl (C=O) groups is 4. The van der Waals surface area contributed by atoms with Gasteiger partial charge < -0.3 is 23.7 Å². The number of esters is 4. The zero-order valence-electron chi connectivity index (χ0n) is 17.5. The highest BCUT2D eigenvalue weighted by Gasteiger charge is 2.53. The van der Waals surface area contributed by atoms with Crippen molar-refractivity contribution in [3.63, 3.8) is 0 Å². The molecule has 2 rings (SSSR count). The number of hydrogen-bond acceptors (Lipinski definition) is 11. The van der Waals surface area contributed by atoms with Crippen LogP contribution < -0.4 is 11.2 Å². The van der Waals surface area contributed by atoms with E-state index in [0.29, 0.717) is 10.8 Å². The number of carbonyl (C=O) groups excluding carboxylic acids is 4. The molecular formula is C18H21FN2O11. The summed E-state index contributed by atoms with van der Waals surface area (Å²) < 4.78 is 40.6. The lowest BCUT2D eigenvalue weighted by Gasteiger charge is -2.44. The van der Waals surface area contributed by atoms with E-state index in [1.165, 1.54) is 0 Å². The molecule has 1 aliphatic rings. The van der Waals surface area contributed by atoms with E-state index in [4.69, 9.17) is 23.7 Å². The molecule has 14 heteroatoms. The summed E-state index contributed by atoms with van der Waals surface area (Å²) in [6, 6.07) is 0. The van der Waals surface area contributed by atoms with Gasteiger partial charge in [0.2, 0.25) is 5.82 Å². The van der Waals surface area contributed by atoms with Crippen molar-refractivity contribution in [1.82, 2.24) is 9.55 Å². The zero-order valence-corrected chi connectivity index (χ0v) is 17.5. The molecule has 1 fully saturated rings. The smallest absolute Gasteiger partial charge is 0.330 e. The minimum absolute atomic E-state index is 0.502. The van der Waals surface area contributed by atoms with Crippen LogP contribution in [0.5, 0.6) is 0 Å². The predicted octanol–water partition coefficient (Wildman–Crippen LogP) is -1.07. The fraction of sp³-hybridized carbons (Fsp3) is 0.556. The summed E-state index contributed by atoms with van der Waals surface area (Å²) in [5.41, 5.74) is -2.45. The second kappa shape index (κ2) is 10.2. The van der Waals surface area contributed by atoms with Gasteiger partial charge in [-0.15, -0.1) is 0 Å². The van der Waals surface area contributed by atoms with E-state index in [9.17, 15) is 33.2 Å². The van der Waals surface area contributed by atoms with E-state index in [1.807, 2.05) is 0 Å². The Labute approximate surface area is 179 Å². The Morgan fingerprint density at radius 3 is 2.00 bits per heavy atom. The zero-order chi connectivity index (χ0) is 24.2. The topological polar surface area (TPSA) is 169 Å². The molecule has 32 heavy (non-hydrogen) atoms. The van der Waals surface area contributed by atoms with Gasteiger partial charge in [-0.2, -0.15) is 4.39 Å². The maximum Gasteiger partial charge on any atom is 0.330 e. The van der Waals surface area contributed by atoms with E-state index in [0.717, 1.165) is 27.7 Å². The van der Waals surface area contributed by atoms with Crippen molar-refractivity contribution in [3.8, 4) is 0 Å². The molecule has 0 radical (unpaired) electrons. The number of hydrogen-bond donors (Lipinski definition) is 1. The molecule has 0 aromatic carbocycles. The Balaban J connectivity index is 2.65. The molecule has 0 saturated carbocycles. The normalized spacial score (nSPS) is 24.8. The van der Waals surface area contributed by atoms with Crippen LogP contribution in [0.4, 0.5) is 4.39 Å². The second-order valence-corrected chi connectivity index (χ2v) is 6.73. The monoisotopic (exact) mass is 460 g/mol. The molecule has 176 valence electrons. The van der Waals surface area contributed by atoms with Gasteiger partial charge in [-0.25, -0.2) is 4.79 Å². The van der Waals surface area contributed by atoms with Crippen molar-refractivity contribution in [1.29, 1.82) is 0 Å². The lowest BCUT2D eigenvalue weighted by atomic mass is 9.97. The lowest BCUT2D eigenvalue weighted by molar-refractivity contribution is -0.269. The molecule has 0 bridgehead atoms. The molecular weight excluding hydrogens is 439 g/mol. The Morgan fingerprint density at radius 1 is 0.938 bits per heavy atom. The van der Waals surface area contributed by atoms with Crippen LogP contribution in [-0.4, -0.2) is 64.5 Å². The van der Waals surface area contributed by atoms with Crippen LogP contribution in [0.25, 0.3) is 0 Å². The van der Waals surface area contributed by atoms with Crippen molar-refractivity contribution < 1.29 is 47.3 Å². The van der Waals surface area contributed by atoms with Gasteiger partial charge in [-0.1, -0.05) is 0 Å². The van der Waals surface area contributed by atoms with Gasteiger partial charge in [0.25, 0.3) is 5.56 Å². The first-order valence-electron chi connectivity index (χ1n) is 9.22. The van der Waals surface area contributed by atoms with Crippen LogP contribution in [0.15, 0.2) is 15.8 Å². The number of halogens is 1. The number of rotatable bonds is 6. The first-order valence-corrected chi connectivity index (χ1v) is 9.22. The summed E-state index contributed by atoms with van der Waals surface area (Å²) in [5, 5.41) is 0. The first kappa shape index (κ1) is 24.7. The highest BCUT2D eigenvalue weighted by atomic mass is 19.1. The van der Waals surface area contributed by atoms with Gasteiger partial charge in [0.1, 0.15) is 12.7 Å². The van der Waals surface area contributed by atoms with E-state index in [2.05, 4.69) is 0 Å². The van der Waals surface area contributed by atoms with Gasteiger partial charge in [0.05, 0.1) is 6.20 Å². The molecule has 0 aliphatic carbocycles. The van der Waals surface area contributed by atoms with Crippen molar-refractivity contribution in [2.45, 2.75) is 58.3 Å². The number of H-pyrrole nitrogens is 1. The molecule has 1 aromatic heterocycles. The Bertz CT molecular complexity index is 1020. The van der Waals surface area contributed by atoms with Crippen LogP contribution in [0.3, 0.4) is 0 Å². The van der Waals surface area contributed by atoms with Gasteiger partial charge >= 0.3 is 29.6 Å². The van der Waals surface area contributed by atoms with Crippen LogP contribution in [-0.2, 0) is 42.9 Å². The quantitative estimate of drug-likeness (QED) is 0.405. The lowest BCUT2D eigenvalue weighted by Crippen LogP contribution is -2.61. The van der Waals surface area contributed by atoms with Crippen LogP contribution in [0, 0.1) is 5.82 Å². The molecule has 13 nitrogen and oxygen atoms in total. The third kappa shape index (κ3) is 6.00. The summed E-state index contributed by atoms with van der Waals surface area (Å²) in [6.07, 6.45) is -7.14. The fourth-order valence-corrected chi connectivity index (χ4v) is 3.08. The SMILES string of the molecule is CC(=O)OC[C@H]1O[C@@H](n2cc(F)c(=O)[nH]c2=O)[C@H](OC(C)=O)[C@@H](OC(C)=O)[C@@H]1OC(C)=O. The standard InChI is InChI=1S/C18H21FN2O11/c1-7(22)28-6-12-13(29-8(2)23)14(30-9(3)24)15(31-10(4)25)17(32-12)21-5-11(19)16(26)20-18(21)27/h5,12-15,17H,6H2,1-4H3,(H,20,26,27)/t12-,13-,14+,15-,17-/m1/s1. The Morgan fingerprint density at radius 2 is 1.47 bits per heavy atom. The number of nitrogens with one attached hydrogen (secondary N) is 1. The van der Waals surface area contributed by atoms with Gasteiger partial charge in [0, 0.05) is 27.7 Å². The fourth-order valence-electron chi connectivity index (χ4n) is 3.08. The van der Waals surface area contributed by atoms with Crippen molar-refractivity contribution in [3.05, 3.63) is 32.9 Å². The third-order valence-electron chi connectivity index (χ3n) is 4.16. The molecule has 0 unspecified atom stereocenters. The summed E-state index contributed by atoms with van der Waals surface area (Å²) in [5.74, 6) is -4.71. The minimum Gasteiger partial charge on any atom is -0.463 e. The van der Waals surface area contributed by atoms with Gasteiger partial charge in [0.15, 0.2) is 24.5 Å². The van der Waals surface area contributed by atoms with E-state index in [-0.39, 0.29) is 0 Å². The van der Waals surface area contributed by atoms with Crippen molar-refractivity contribution >= 4 is 23.9 Å². The molecule has 5 atom stereocenters. The number of aromatic amines is 1. The van der Waals surface area contributed by atoms with Crippen molar-refractivity contribution in [2.75, 3.05) is 6.61 Å². The molecule has 1 aliphatic heterocycles. The van der Waals surface area contributed by atoms with Gasteiger partial charge in [-0.3, -0.25) is 33.5 Å². The molecule has 1 saturated heterocycles. The average molecular weight is 460 g/mol. The molecule has 2 heterocycles. The second-order valence-electron chi connectivity index (χ2n) is 6.73. The largest absolute Gasteiger partial charge is 0.463 e. The van der Waals surface area contributed by atoms with Gasteiger partial charge in [-0.05, 0) is 0 Å². The maximum absolute atomic E-state index is 13.9. The summed E-state index contributed by atoms with van der Waals surface area (Å²) >= 11 is 0. The summed E-state index contributed by atoms with van der Waals surface area (Å²) in [7, 11) is 0. The number of aromatic nitrogens is 2.